The first-order valence-corrected chi connectivity index (χ1v) is 8.37. The normalized spacial score (nSPS) is 23.6. The fourth-order valence-electron chi connectivity index (χ4n) is 2.97. The summed E-state index contributed by atoms with van der Waals surface area (Å²) < 4.78 is 0. The zero-order valence-corrected chi connectivity index (χ0v) is 14.3. The molecule has 1 aliphatic heterocycles. The molecule has 20 heavy (non-hydrogen) atoms. The predicted molar refractivity (Wildman–Crippen MR) is 85.4 cm³/mol. The summed E-state index contributed by atoms with van der Waals surface area (Å²) >= 11 is 0. The van der Waals surface area contributed by atoms with E-state index < -0.39 is 0 Å². The summed E-state index contributed by atoms with van der Waals surface area (Å²) in [6, 6.07) is 0.0396. The van der Waals surface area contributed by atoms with E-state index in [0.717, 1.165) is 31.7 Å². The second kappa shape index (κ2) is 8.02. The van der Waals surface area contributed by atoms with Crippen LogP contribution in [0.4, 0.5) is 0 Å². The maximum absolute atomic E-state index is 12.6. The Morgan fingerprint density at radius 1 is 1.00 bits per heavy atom. The monoisotopic (exact) mass is 282 g/mol. The van der Waals surface area contributed by atoms with Crippen molar-refractivity contribution in [3.63, 3.8) is 0 Å². The minimum atomic E-state index is 0.0396. The SMILES string of the molecule is CC(C)CCCN1C(=O)C(CC(C)C)NC1CC(C)C. The van der Waals surface area contributed by atoms with Gasteiger partial charge >= 0.3 is 0 Å². The van der Waals surface area contributed by atoms with Crippen LogP contribution >= 0.6 is 0 Å². The van der Waals surface area contributed by atoms with Crippen LogP contribution in [-0.4, -0.2) is 29.6 Å². The molecule has 0 aromatic carbocycles. The van der Waals surface area contributed by atoms with Gasteiger partial charge in [0, 0.05) is 6.54 Å². The second-order valence-corrected chi connectivity index (χ2v) is 7.56. The number of carbonyl (C=O) groups is 1. The molecule has 0 spiro atoms. The zero-order valence-electron chi connectivity index (χ0n) is 14.3. The van der Waals surface area contributed by atoms with Crippen molar-refractivity contribution in [3.05, 3.63) is 0 Å². The third-order valence-electron chi connectivity index (χ3n) is 3.93. The van der Waals surface area contributed by atoms with Gasteiger partial charge in [-0.05, 0) is 43.4 Å². The van der Waals surface area contributed by atoms with Gasteiger partial charge in [0.15, 0.2) is 0 Å². The van der Waals surface area contributed by atoms with Crippen molar-refractivity contribution in [1.82, 2.24) is 10.2 Å². The minimum absolute atomic E-state index is 0.0396. The van der Waals surface area contributed by atoms with Crippen molar-refractivity contribution in [1.29, 1.82) is 0 Å². The Kier molecular flexibility index (Phi) is 7.01. The standard InChI is InChI=1S/C17H34N2O/c1-12(2)8-7-9-19-16(11-14(5)6)18-15(17(19)20)10-13(3)4/h12-16,18H,7-11H2,1-6H3. The number of nitrogens with one attached hydrogen (secondary N) is 1. The van der Waals surface area contributed by atoms with Crippen molar-refractivity contribution in [3.8, 4) is 0 Å². The largest absolute Gasteiger partial charge is 0.326 e. The molecule has 118 valence electrons. The third-order valence-corrected chi connectivity index (χ3v) is 3.93. The van der Waals surface area contributed by atoms with Gasteiger partial charge in [0.05, 0.1) is 12.2 Å². The first-order chi connectivity index (χ1) is 9.31. The quantitative estimate of drug-likeness (QED) is 0.737. The molecule has 3 nitrogen and oxygen atoms in total. The average molecular weight is 282 g/mol. The van der Waals surface area contributed by atoms with Gasteiger partial charge in [0.2, 0.25) is 5.91 Å². The molecule has 0 aromatic rings. The molecule has 1 saturated heterocycles. The molecule has 0 radical (unpaired) electrons. The molecule has 1 rings (SSSR count). The summed E-state index contributed by atoms with van der Waals surface area (Å²) in [6.07, 6.45) is 4.58. The number of carbonyl (C=O) groups excluding carboxylic acids is 1. The number of rotatable bonds is 8. The van der Waals surface area contributed by atoms with Gasteiger partial charge in [-0.3, -0.25) is 10.1 Å². The molecule has 0 aromatic heterocycles. The van der Waals surface area contributed by atoms with E-state index in [-0.39, 0.29) is 12.2 Å². The maximum atomic E-state index is 12.6. The summed E-state index contributed by atoms with van der Waals surface area (Å²) in [4.78, 5) is 14.7. The third kappa shape index (κ3) is 5.43. The summed E-state index contributed by atoms with van der Waals surface area (Å²) in [6.45, 7) is 14.2. The molecule has 1 fully saturated rings. The summed E-state index contributed by atoms with van der Waals surface area (Å²) in [7, 11) is 0. The molecule has 2 unspecified atom stereocenters. The van der Waals surface area contributed by atoms with Crippen LogP contribution in [-0.2, 0) is 4.79 Å². The highest BCUT2D eigenvalue weighted by Gasteiger charge is 2.38. The van der Waals surface area contributed by atoms with Gasteiger partial charge in [0.25, 0.3) is 0 Å². The van der Waals surface area contributed by atoms with Gasteiger partial charge in [-0.2, -0.15) is 0 Å². The lowest BCUT2D eigenvalue weighted by molar-refractivity contribution is -0.130. The van der Waals surface area contributed by atoms with E-state index in [0.29, 0.717) is 17.7 Å². The van der Waals surface area contributed by atoms with Crippen molar-refractivity contribution < 1.29 is 4.79 Å². The van der Waals surface area contributed by atoms with E-state index in [9.17, 15) is 4.79 Å². The van der Waals surface area contributed by atoms with Gasteiger partial charge in [-0.15, -0.1) is 0 Å². The topological polar surface area (TPSA) is 32.3 Å². The Balaban J connectivity index is 2.61. The highest BCUT2D eigenvalue weighted by molar-refractivity contribution is 5.84. The summed E-state index contributed by atoms with van der Waals surface area (Å²) in [5.41, 5.74) is 0. The first kappa shape index (κ1) is 17.5. The highest BCUT2D eigenvalue weighted by atomic mass is 16.2. The minimum Gasteiger partial charge on any atom is -0.326 e. The number of nitrogens with zero attached hydrogens (tertiary/aromatic N) is 1. The van der Waals surface area contributed by atoms with Crippen molar-refractivity contribution in [2.24, 2.45) is 17.8 Å². The second-order valence-electron chi connectivity index (χ2n) is 7.56. The fraction of sp³-hybridized carbons (Fsp3) is 0.941. The molecule has 1 N–H and O–H groups in total. The van der Waals surface area contributed by atoms with E-state index in [2.05, 4.69) is 51.8 Å². The van der Waals surface area contributed by atoms with Crippen molar-refractivity contribution in [2.45, 2.75) is 79.4 Å². The van der Waals surface area contributed by atoms with Crippen molar-refractivity contribution in [2.75, 3.05) is 6.54 Å². The van der Waals surface area contributed by atoms with E-state index in [1.807, 2.05) is 0 Å². The maximum Gasteiger partial charge on any atom is 0.241 e. The molecular weight excluding hydrogens is 248 g/mol. The van der Waals surface area contributed by atoms with Crippen LogP contribution in [0.25, 0.3) is 0 Å². The van der Waals surface area contributed by atoms with Crippen LogP contribution in [0.1, 0.15) is 67.2 Å². The molecule has 0 saturated carbocycles. The Morgan fingerprint density at radius 2 is 1.60 bits per heavy atom. The Bertz CT molecular complexity index is 299. The molecular formula is C17H34N2O. The van der Waals surface area contributed by atoms with Crippen LogP contribution < -0.4 is 5.32 Å². The lowest BCUT2D eigenvalue weighted by Gasteiger charge is -2.25. The first-order valence-electron chi connectivity index (χ1n) is 8.37. The van der Waals surface area contributed by atoms with Gasteiger partial charge in [0.1, 0.15) is 0 Å². The number of hydrogen-bond donors (Lipinski definition) is 1. The van der Waals surface area contributed by atoms with Crippen LogP contribution in [0.3, 0.4) is 0 Å². The molecule has 2 atom stereocenters. The summed E-state index contributed by atoms with van der Waals surface area (Å²) in [5, 5.41) is 3.57. The smallest absolute Gasteiger partial charge is 0.241 e. The molecule has 3 heteroatoms. The Morgan fingerprint density at radius 3 is 2.10 bits per heavy atom. The van der Waals surface area contributed by atoms with Gasteiger partial charge < -0.3 is 4.90 Å². The molecule has 0 bridgehead atoms. The van der Waals surface area contributed by atoms with Crippen molar-refractivity contribution >= 4 is 5.91 Å². The van der Waals surface area contributed by atoms with Gasteiger partial charge in [-0.25, -0.2) is 0 Å². The lowest BCUT2D eigenvalue weighted by Crippen LogP contribution is -2.39. The molecule has 1 amide bonds. The average Bonchev–Trinajstić information content (AvgIpc) is 2.55. The van der Waals surface area contributed by atoms with E-state index in [4.69, 9.17) is 0 Å². The van der Waals surface area contributed by atoms with Gasteiger partial charge in [-0.1, -0.05) is 41.5 Å². The highest BCUT2D eigenvalue weighted by Crippen LogP contribution is 2.22. The van der Waals surface area contributed by atoms with Crippen LogP contribution in [0.2, 0.25) is 0 Å². The molecule has 0 aliphatic carbocycles. The fourth-order valence-corrected chi connectivity index (χ4v) is 2.97. The van der Waals surface area contributed by atoms with Crippen LogP contribution in [0.5, 0.6) is 0 Å². The van der Waals surface area contributed by atoms with Crippen LogP contribution in [0, 0.1) is 17.8 Å². The van der Waals surface area contributed by atoms with E-state index in [1.165, 1.54) is 6.42 Å². The van der Waals surface area contributed by atoms with Crippen LogP contribution in [0.15, 0.2) is 0 Å². The molecule has 1 aliphatic rings. The summed E-state index contributed by atoms with van der Waals surface area (Å²) in [5.74, 6) is 2.22. The van der Waals surface area contributed by atoms with E-state index >= 15 is 0 Å². The number of amides is 1. The molecule has 1 heterocycles. The Hall–Kier alpha value is -0.570. The zero-order chi connectivity index (χ0) is 15.3. The van der Waals surface area contributed by atoms with E-state index in [1.54, 1.807) is 0 Å². The Labute approximate surface area is 125 Å². The number of hydrogen-bond acceptors (Lipinski definition) is 2. The lowest BCUT2D eigenvalue weighted by atomic mass is 10.0. The predicted octanol–water partition coefficient (Wildman–Crippen LogP) is 3.64.